The third kappa shape index (κ3) is 3.52. The number of nitrogens with zero attached hydrogens (tertiary/aromatic N) is 2. The van der Waals surface area contributed by atoms with Crippen LogP contribution < -0.4 is 14.9 Å². The Morgan fingerprint density at radius 2 is 2.00 bits per heavy atom. The van der Waals surface area contributed by atoms with Gasteiger partial charge >= 0.3 is 5.97 Å². The smallest absolute Gasteiger partial charge is 0.338 e. The maximum Gasteiger partial charge on any atom is 0.338 e. The largest absolute Gasteiger partial charge is 0.466 e. The Hall–Kier alpha value is -3.32. The van der Waals surface area contributed by atoms with Crippen LogP contribution in [0.4, 0.5) is 4.39 Å². The zero-order chi connectivity index (χ0) is 21.3. The predicted octanol–water partition coefficient (Wildman–Crippen LogP) is 2.94. The normalized spacial score (nSPS) is 16.2. The van der Waals surface area contributed by atoms with Gasteiger partial charge in [-0.15, -0.1) is 0 Å². The number of benzene rings is 2. The van der Waals surface area contributed by atoms with Crippen molar-refractivity contribution >= 4 is 23.4 Å². The number of rotatable bonds is 4. The third-order valence-electron chi connectivity index (χ3n) is 4.91. The van der Waals surface area contributed by atoms with E-state index in [0.29, 0.717) is 32.6 Å². The highest BCUT2D eigenvalue weighted by Gasteiger charge is 2.33. The van der Waals surface area contributed by atoms with E-state index >= 15 is 0 Å². The van der Waals surface area contributed by atoms with Gasteiger partial charge < -0.3 is 4.74 Å². The summed E-state index contributed by atoms with van der Waals surface area (Å²) in [6.45, 7) is 1.91. The molecule has 0 amide bonds. The topological polar surface area (TPSA) is 60.7 Å². The van der Waals surface area contributed by atoms with Crippen molar-refractivity contribution in [2.24, 2.45) is 4.99 Å². The van der Waals surface area contributed by atoms with Gasteiger partial charge in [0.05, 0.1) is 29.0 Å². The van der Waals surface area contributed by atoms with Crippen LogP contribution in [0.25, 0.3) is 6.08 Å². The van der Waals surface area contributed by atoms with Crippen LogP contribution in [0.3, 0.4) is 0 Å². The molecule has 7 heteroatoms. The molecule has 0 aliphatic carbocycles. The SMILES string of the molecule is CCC1=C(C(=O)OC)[C@@H](c2ccccc2)n2c(s/c(=C\c3cccc(F)c3)c2=O)=N1. The van der Waals surface area contributed by atoms with E-state index in [4.69, 9.17) is 4.74 Å². The molecule has 1 aliphatic rings. The van der Waals surface area contributed by atoms with Gasteiger partial charge in [0.15, 0.2) is 4.80 Å². The Kier molecular flexibility index (Phi) is 5.46. The predicted molar refractivity (Wildman–Crippen MR) is 113 cm³/mol. The summed E-state index contributed by atoms with van der Waals surface area (Å²) in [6, 6.07) is 14.7. The maximum absolute atomic E-state index is 13.6. The van der Waals surface area contributed by atoms with Crippen molar-refractivity contribution in [2.45, 2.75) is 19.4 Å². The average molecular weight is 422 g/mol. The molecule has 0 N–H and O–H groups in total. The monoisotopic (exact) mass is 422 g/mol. The summed E-state index contributed by atoms with van der Waals surface area (Å²) in [7, 11) is 1.32. The third-order valence-corrected chi connectivity index (χ3v) is 5.89. The van der Waals surface area contributed by atoms with Crippen molar-refractivity contribution in [1.82, 2.24) is 4.57 Å². The molecule has 0 radical (unpaired) electrons. The standard InChI is InChI=1S/C23H19FN2O3S/c1-3-17-19(22(28)29-2)20(15-9-5-4-6-10-15)26-21(27)18(30-23(26)25-17)13-14-8-7-11-16(24)12-14/h4-13,20H,3H2,1-2H3/b18-13-/t20-/m1/s1. The molecule has 0 saturated heterocycles. The number of aromatic nitrogens is 1. The van der Waals surface area contributed by atoms with Crippen LogP contribution in [0.2, 0.25) is 0 Å². The molecule has 2 heterocycles. The van der Waals surface area contributed by atoms with Gasteiger partial charge in [-0.25, -0.2) is 14.2 Å². The highest BCUT2D eigenvalue weighted by molar-refractivity contribution is 7.07. The molecule has 30 heavy (non-hydrogen) atoms. The van der Waals surface area contributed by atoms with E-state index in [1.807, 2.05) is 37.3 Å². The van der Waals surface area contributed by atoms with Gasteiger partial charge in [-0.3, -0.25) is 9.36 Å². The number of hydrogen-bond acceptors (Lipinski definition) is 5. The van der Waals surface area contributed by atoms with E-state index in [9.17, 15) is 14.0 Å². The molecule has 0 saturated carbocycles. The van der Waals surface area contributed by atoms with E-state index in [2.05, 4.69) is 4.99 Å². The molecule has 1 aliphatic heterocycles. The van der Waals surface area contributed by atoms with Crippen LogP contribution >= 0.6 is 11.3 Å². The van der Waals surface area contributed by atoms with Crippen molar-refractivity contribution in [3.05, 3.63) is 102 Å². The zero-order valence-electron chi connectivity index (χ0n) is 16.5. The summed E-state index contributed by atoms with van der Waals surface area (Å²) in [5, 5.41) is 0. The minimum absolute atomic E-state index is 0.284. The van der Waals surface area contributed by atoms with Crippen LogP contribution in [0.5, 0.6) is 0 Å². The number of carbonyl (C=O) groups is 1. The second-order valence-corrected chi connectivity index (χ2v) is 7.76. The van der Waals surface area contributed by atoms with Crippen molar-refractivity contribution in [2.75, 3.05) is 7.11 Å². The molecule has 5 nitrogen and oxygen atoms in total. The number of methoxy groups -OCH3 is 1. The molecule has 3 aromatic rings. The van der Waals surface area contributed by atoms with Crippen molar-refractivity contribution < 1.29 is 13.9 Å². The van der Waals surface area contributed by atoms with Crippen LogP contribution in [-0.2, 0) is 9.53 Å². The van der Waals surface area contributed by atoms with Gasteiger partial charge in [0.2, 0.25) is 0 Å². The molecule has 0 unspecified atom stereocenters. The van der Waals surface area contributed by atoms with E-state index in [0.717, 1.165) is 5.56 Å². The van der Waals surface area contributed by atoms with Gasteiger partial charge in [0.25, 0.3) is 5.56 Å². The molecule has 0 fully saturated rings. The van der Waals surface area contributed by atoms with Crippen LogP contribution in [0, 0.1) is 5.82 Å². The number of hydrogen-bond donors (Lipinski definition) is 0. The highest BCUT2D eigenvalue weighted by Crippen LogP contribution is 2.31. The van der Waals surface area contributed by atoms with Gasteiger partial charge in [-0.1, -0.05) is 60.7 Å². The molecule has 0 bridgehead atoms. The molecule has 4 rings (SSSR count). The summed E-state index contributed by atoms with van der Waals surface area (Å²) < 4.78 is 20.5. The number of ether oxygens (including phenoxy) is 1. The van der Waals surface area contributed by atoms with Crippen molar-refractivity contribution in [1.29, 1.82) is 0 Å². The summed E-state index contributed by atoms with van der Waals surface area (Å²) >= 11 is 1.22. The van der Waals surface area contributed by atoms with Crippen molar-refractivity contribution in [3.8, 4) is 0 Å². The Morgan fingerprint density at radius 3 is 2.67 bits per heavy atom. The fraction of sp³-hybridized carbons (Fsp3) is 0.174. The van der Waals surface area contributed by atoms with Crippen LogP contribution in [0.15, 0.2) is 75.7 Å². The van der Waals surface area contributed by atoms with E-state index in [1.54, 1.807) is 18.2 Å². The Morgan fingerprint density at radius 1 is 1.23 bits per heavy atom. The second-order valence-electron chi connectivity index (χ2n) is 6.75. The lowest BCUT2D eigenvalue weighted by Crippen LogP contribution is -2.40. The molecular weight excluding hydrogens is 403 g/mol. The number of allylic oxidation sites excluding steroid dienone is 1. The Bertz CT molecular complexity index is 1320. The Labute approximate surface area is 176 Å². The molecular formula is C23H19FN2O3S. The molecule has 2 aromatic carbocycles. The lowest BCUT2D eigenvalue weighted by atomic mass is 9.95. The first-order chi connectivity index (χ1) is 14.5. The first-order valence-corrected chi connectivity index (χ1v) is 10.3. The van der Waals surface area contributed by atoms with E-state index < -0.39 is 12.0 Å². The van der Waals surface area contributed by atoms with Gasteiger partial charge in [-0.2, -0.15) is 0 Å². The van der Waals surface area contributed by atoms with Gasteiger partial charge in [-0.05, 0) is 35.8 Å². The van der Waals surface area contributed by atoms with Gasteiger partial charge in [0, 0.05) is 0 Å². The zero-order valence-corrected chi connectivity index (χ0v) is 17.3. The number of fused-ring (bicyclic) bond motifs is 1. The lowest BCUT2D eigenvalue weighted by Gasteiger charge is -2.25. The highest BCUT2D eigenvalue weighted by atomic mass is 32.1. The first-order valence-electron chi connectivity index (χ1n) is 9.47. The van der Waals surface area contributed by atoms with Gasteiger partial charge in [0.1, 0.15) is 5.82 Å². The lowest BCUT2D eigenvalue weighted by molar-refractivity contribution is -0.136. The van der Waals surface area contributed by atoms with E-state index in [1.165, 1.54) is 35.1 Å². The summed E-state index contributed by atoms with van der Waals surface area (Å²) in [4.78, 5) is 31.1. The number of esters is 1. The fourth-order valence-corrected chi connectivity index (χ4v) is 4.58. The molecule has 1 aromatic heterocycles. The number of thiazole rings is 1. The minimum atomic E-state index is -0.639. The average Bonchev–Trinajstić information content (AvgIpc) is 3.07. The molecule has 1 atom stereocenters. The summed E-state index contributed by atoms with van der Waals surface area (Å²) in [5.74, 6) is -0.885. The Balaban J connectivity index is 2.01. The molecule has 0 spiro atoms. The number of carbonyl (C=O) groups excluding carboxylic acids is 1. The van der Waals surface area contributed by atoms with E-state index in [-0.39, 0.29) is 11.4 Å². The fourth-order valence-electron chi connectivity index (χ4n) is 3.56. The summed E-state index contributed by atoms with van der Waals surface area (Å²) in [5.41, 5.74) is 2.04. The first kappa shape index (κ1) is 20.0. The number of halogens is 1. The second kappa shape index (κ2) is 8.20. The molecule has 152 valence electrons. The van der Waals surface area contributed by atoms with Crippen LogP contribution in [0.1, 0.15) is 30.5 Å². The summed E-state index contributed by atoms with van der Waals surface area (Å²) in [6.07, 6.45) is 2.16. The minimum Gasteiger partial charge on any atom is -0.466 e. The maximum atomic E-state index is 13.6. The van der Waals surface area contributed by atoms with Crippen LogP contribution in [-0.4, -0.2) is 17.6 Å². The van der Waals surface area contributed by atoms with Crippen molar-refractivity contribution in [3.63, 3.8) is 0 Å². The quantitative estimate of drug-likeness (QED) is 0.608.